The zero-order chi connectivity index (χ0) is 11.1. The molecule has 1 aliphatic heterocycles. The second kappa shape index (κ2) is 6.11. The number of ether oxygens (including phenoxy) is 1. The minimum absolute atomic E-state index is 0.0727. The van der Waals surface area contributed by atoms with Gasteiger partial charge < -0.3 is 10.1 Å². The molecule has 1 N–H and O–H groups in total. The molecule has 0 bridgehead atoms. The molecule has 1 atom stereocenters. The highest BCUT2D eigenvalue weighted by atomic mass is 16.5. The van der Waals surface area contributed by atoms with E-state index in [1.54, 1.807) is 0 Å². The van der Waals surface area contributed by atoms with E-state index in [-0.39, 0.29) is 5.97 Å². The molecular weight excluding hydrogens is 190 g/mol. The van der Waals surface area contributed by atoms with Gasteiger partial charge in [0.2, 0.25) is 0 Å². The van der Waals surface area contributed by atoms with Gasteiger partial charge in [-0.2, -0.15) is 0 Å². The molecule has 1 aliphatic rings. The Hall–Kier alpha value is -0.570. The second-order valence-corrected chi connectivity index (χ2v) is 4.56. The van der Waals surface area contributed by atoms with Crippen LogP contribution in [0.5, 0.6) is 0 Å². The molecule has 0 aromatic rings. The normalized spacial score (nSPS) is 25.5. The Balaban J connectivity index is 2.12. The van der Waals surface area contributed by atoms with Gasteiger partial charge in [0.15, 0.2) is 0 Å². The third-order valence-electron chi connectivity index (χ3n) is 3.05. The molecule has 3 nitrogen and oxygen atoms in total. The first-order valence-corrected chi connectivity index (χ1v) is 6.11. The van der Waals surface area contributed by atoms with E-state index in [1.165, 1.54) is 12.8 Å². The van der Waals surface area contributed by atoms with Crippen LogP contribution in [-0.2, 0) is 9.53 Å². The van der Waals surface area contributed by atoms with Gasteiger partial charge in [-0.25, -0.2) is 0 Å². The van der Waals surface area contributed by atoms with E-state index in [2.05, 4.69) is 12.2 Å². The van der Waals surface area contributed by atoms with Crippen molar-refractivity contribution in [2.45, 2.75) is 57.9 Å². The van der Waals surface area contributed by atoms with Crippen LogP contribution < -0.4 is 5.32 Å². The van der Waals surface area contributed by atoms with Crippen LogP contribution in [0.2, 0.25) is 0 Å². The van der Waals surface area contributed by atoms with Gasteiger partial charge in [-0.1, -0.05) is 26.2 Å². The van der Waals surface area contributed by atoms with Crippen molar-refractivity contribution in [3.05, 3.63) is 0 Å². The Morgan fingerprint density at radius 1 is 1.40 bits per heavy atom. The van der Waals surface area contributed by atoms with Crippen LogP contribution in [0.1, 0.15) is 52.4 Å². The molecule has 1 unspecified atom stereocenters. The summed E-state index contributed by atoms with van der Waals surface area (Å²) in [7, 11) is 0. The van der Waals surface area contributed by atoms with Gasteiger partial charge in [0.25, 0.3) is 0 Å². The predicted octanol–water partition coefficient (Wildman–Crippen LogP) is 2.25. The summed E-state index contributed by atoms with van der Waals surface area (Å²) in [6, 6.07) is 0. The molecule has 0 aliphatic carbocycles. The largest absolute Gasteiger partial charge is 0.464 e. The molecule has 1 fully saturated rings. The molecule has 88 valence electrons. The maximum Gasteiger partial charge on any atom is 0.326 e. The minimum atomic E-state index is -0.412. The third kappa shape index (κ3) is 3.82. The molecule has 0 radical (unpaired) electrons. The fourth-order valence-corrected chi connectivity index (χ4v) is 1.92. The standard InChI is InChI=1S/C12H23NO2/c1-3-4-5-6-10-15-11(14)12(2)8-7-9-13-12/h13H,3-10H2,1-2H3. The van der Waals surface area contributed by atoms with Crippen molar-refractivity contribution in [2.24, 2.45) is 0 Å². The van der Waals surface area contributed by atoms with Crippen molar-refractivity contribution in [1.82, 2.24) is 5.32 Å². The maximum absolute atomic E-state index is 11.7. The van der Waals surface area contributed by atoms with Crippen molar-refractivity contribution in [3.63, 3.8) is 0 Å². The summed E-state index contributed by atoms with van der Waals surface area (Å²) >= 11 is 0. The topological polar surface area (TPSA) is 38.3 Å². The Bertz CT molecular complexity index is 198. The Morgan fingerprint density at radius 2 is 2.20 bits per heavy atom. The summed E-state index contributed by atoms with van der Waals surface area (Å²) in [5.41, 5.74) is -0.412. The van der Waals surface area contributed by atoms with E-state index in [9.17, 15) is 4.79 Å². The first kappa shape index (κ1) is 12.5. The molecule has 0 aromatic heterocycles. The average molecular weight is 213 g/mol. The molecule has 1 rings (SSSR count). The summed E-state index contributed by atoms with van der Waals surface area (Å²) in [6.45, 7) is 5.63. The maximum atomic E-state index is 11.7. The summed E-state index contributed by atoms with van der Waals surface area (Å²) in [6.07, 6.45) is 6.58. The average Bonchev–Trinajstić information content (AvgIpc) is 2.66. The first-order valence-electron chi connectivity index (χ1n) is 6.11. The van der Waals surface area contributed by atoms with Crippen LogP contribution in [0.4, 0.5) is 0 Å². The lowest BCUT2D eigenvalue weighted by Gasteiger charge is -2.21. The molecule has 0 aromatic carbocycles. The predicted molar refractivity (Wildman–Crippen MR) is 60.7 cm³/mol. The molecule has 0 amide bonds. The van der Waals surface area contributed by atoms with Crippen LogP contribution >= 0.6 is 0 Å². The Labute approximate surface area is 92.6 Å². The lowest BCUT2D eigenvalue weighted by molar-refractivity contribution is -0.150. The van der Waals surface area contributed by atoms with Gasteiger partial charge in [-0.15, -0.1) is 0 Å². The third-order valence-corrected chi connectivity index (χ3v) is 3.05. The molecule has 1 saturated heterocycles. The number of esters is 1. The fourth-order valence-electron chi connectivity index (χ4n) is 1.92. The van der Waals surface area contributed by atoms with Crippen molar-refractivity contribution >= 4 is 5.97 Å². The molecular formula is C12H23NO2. The van der Waals surface area contributed by atoms with Gasteiger partial charge in [0.05, 0.1) is 6.61 Å². The summed E-state index contributed by atoms with van der Waals surface area (Å²) in [5.74, 6) is -0.0727. The minimum Gasteiger partial charge on any atom is -0.464 e. The van der Waals surface area contributed by atoms with Crippen LogP contribution in [-0.4, -0.2) is 24.7 Å². The number of rotatable bonds is 6. The quantitative estimate of drug-likeness (QED) is 0.543. The van der Waals surface area contributed by atoms with Crippen LogP contribution in [0.15, 0.2) is 0 Å². The van der Waals surface area contributed by atoms with Crippen LogP contribution in [0, 0.1) is 0 Å². The van der Waals surface area contributed by atoms with E-state index in [4.69, 9.17) is 4.74 Å². The zero-order valence-electron chi connectivity index (χ0n) is 9.97. The van der Waals surface area contributed by atoms with E-state index in [0.29, 0.717) is 6.61 Å². The van der Waals surface area contributed by atoms with E-state index < -0.39 is 5.54 Å². The number of nitrogens with one attached hydrogen (secondary N) is 1. The zero-order valence-corrected chi connectivity index (χ0v) is 9.97. The second-order valence-electron chi connectivity index (χ2n) is 4.56. The summed E-state index contributed by atoms with van der Waals surface area (Å²) in [5, 5.41) is 3.21. The lowest BCUT2D eigenvalue weighted by atomic mass is 10.0. The van der Waals surface area contributed by atoms with E-state index in [0.717, 1.165) is 32.2 Å². The van der Waals surface area contributed by atoms with Crippen molar-refractivity contribution in [1.29, 1.82) is 0 Å². The number of carbonyl (C=O) groups is 1. The van der Waals surface area contributed by atoms with Crippen molar-refractivity contribution < 1.29 is 9.53 Å². The van der Waals surface area contributed by atoms with Gasteiger partial charge in [-0.05, 0) is 32.7 Å². The van der Waals surface area contributed by atoms with Crippen molar-refractivity contribution in [2.75, 3.05) is 13.2 Å². The lowest BCUT2D eigenvalue weighted by Crippen LogP contribution is -2.45. The Kier molecular flexibility index (Phi) is 5.09. The number of hydrogen-bond acceptors (Lipinski definition) is 3. The number of carbonyl (C=O) groups excluding carboxylic acids is 1. The molecule has 0 spiro atoms. The molecule has 15 heavy (non-hydrogen) atoms. The summed E-state index contributed by atoms with van der Waals surface area (Å²) < 4.78 is 5.27. The van der Waals surface area contributed by atoms with E-state index in [1.807, 2.05) is 6.92 Å². The van der Waals surface area contributed by atoms with Crippen LogP contribution in [0.25, 0.3) is 0 Å². The van der Waals surface area contributed by atoms with Crippen LogP contribution in [0.3, 0.4) is 0 Å². The first-order chi connectivity index (χ1) is 7.19. The molecule has 1 heterocycles. The van der Waals surface area contributed by atoms with E-state index >= 15 is 0 Å². The molecule has 3 heteroatoms. The smallest absolute Gasteiger partial charge is 0.326 e. The number of unbranched alkanes of at least 4 members (excludes halogenated alkanes) is 3. The van der Waals surface area contributed by atoms with Gasteiger partial charge in [0, 0.05) is 0 Å². The molecule has 0 saturated carbocycles. The Morgan fingerprint density at radius 3 is 2.80 bits per heavy atom. The monoisotopic (exact) mass is 213 g/mol. The highest BCUT2D eigenvalue weighted by molar-refractivity contribution is 5.80. The highest BCUT2D eigenvalue weighted by Gasteiger charge is 2.37. The van der Waals surface area contributed by atoms with Crippen molar-refractivity contribution in [3.8, 4) is 0 Å². The summed E-state index contributed by atoms with van der Waals surface area (Å²) in [4.78, 5) is 11.7. The van der Waals surface area contributed by atoms with Gasteiger partial charge >= 0.3 is 5.97 Å². The SMILES string of the molecule is CCCCCCOC(=O)C1(C)CCCN1. The van der Waals surface area contributed by atoms with Gasteiger partial charge in [-0.3, -0.25) is 4.79 Å². The fraction of sp³-hybridized carbons (Fsp3) is 0.917. The van der Waals surface area contributed by atoms with Gasteiger partial charge in [0.1, 0.15) is 5.54 Å². The number of hydrogen-bond donors (Lipinski definition) is 1. The highest BCUT2D eigenvalue weighted by Crippen LogP contribution is 2.20.